The van der Waals surface area contributed by atoms with E-state index in [1.54, 1.807) is 18.2 Å². The van der Waals surface area contributed by atoms with E-state index in [0.717, 1.165) is 4.90 Å². The van der Waals surface area contributed by atoms with Crippen LogP contribution in [0, 0.1) is 0 Å². The van der Waals surface area contributed by atoms with E-state index in [-0.39, 0.29) is 6.61 Å². The van der Waals surface area contributed by atoms with Gasteiger partial charge in [-0.25, -0.2) is 4.79 Å². The third-order valence-electron chi connectivity index (χ3n) is 2.89. The predicted octanol–water partition coefficient (Wildman–Crippen LogP) is 0.613. The van der Waals surface area contributed by atoms with Crippen LogP contribution in [0.1, 0.15) is 10.4 Å². The number of ether oxygens (including phenoxy) is 2. The zero-order chi connectivity index (χ0) is 13.3. The van der Waals surface area contributed by atoms with Gasteiger partial charge in [-0.2, -0.15) is 0 Å². The second kappa shape index (κ2) is 4.56. The highest BCUT2D eigenvalue weighted by molar-refractivity contribution is 5.99. The number of fused-ring (bicyclic) bond motifs is 1. The number of carbonyl (C=O) groups is 2. The molecule has 0 saturated carbocycles. The lowest BCUT2D eigenvalue weighted by molar-refractivity contribution is -0.142. The Bertz CT molecular complexity index is 499. The van der Waals surface area contributed by atoms with Crippen LogP contribution < -0.4 is 9.47 Å². The van der Waals surface area contributed by atoms with Gasteiger partial charge >= 0.3 is 5.97 Å². The monoisotopic (exact) mass is 251 g/mol. The molecule has 0 saturated heterocycles. The molecular formula is C12H13NO5. The second-order valence-electron chi connectivity index (χ2n) is 3.94. The van der Waals surface area contributed by atoms with Crippen LogP contribution in [0.3, 0.4) is 0 Å². The third kappa shape index (κ3) is 1.97. The molecule has 1 unspecified atom stereocenters. The van der Waals surface area contributed by atoms with Crippen LogP contribution in [0.15, 0.2) is 18.2 Å². The van der Waals surface area contributed by atoms with Crippen LogP contribution in [0.25, 0.3) is 0 Å². The van der Waals surface area contributed by atoms with Crippen molar-refractivity contribution in [3.63, 3.8) is 0 Å². The minimum absolute atomic E-state index is 0.0725. The quantitative estimate of drug-likeness (QED) is 0.833. The molecule has 0 spiro atoms. The first-order chi connectivity index (χ1) is 8.54. The lowest BCUT2D eigenvalue weighted by atomic mass is 10.1. The Morgan fingerprint density at radius 1 is 1.56 bits per heavy atom. The van der Waals surface area contributed by atoms with E-state index in [0.29, 0.717) is 17.1 Å². The van der Waals surface area contributed by atoms with Gasteiger partial charge < -0.3 is 19.5 Å². The average molecular weight is 251 g/mol. The van der Waals surface area contributed by atoms with E-state index in [1.165, 1.54) is 14.2 Å². The van der Waals surface area contributed by atoms with Crippen molar-refractivity contribution in [3.8, 4) is 11.5 Å². The highest BCUT2D eigenvalue weighted by atomic mass is 16.5. The predicted molar refractivity (Wildman–Crippen MR) is 62.0 cm³/mol. The number of carboxylic acids is 1. The molecule has 1 aromatic rings. The van der Waals surface area contributed by atoms with Crippen molar-refractivity contribution in [2.45, 2.75) is 6.04 Å². The van der Waals surface area contributed by atoms with Gasteiger partial charge in [-0.1, -0.05) is 0 Å². The molecule has 1 amide bonds. The van der Waals surface area contributed by atoms with Crippen LogP contribution >= 0.6 is 0 Å². The van der Waals surface area contributed by atoms with Crippen molar-refractivity contribution in [2.75, 3.05) is 20.8 Å². The van der Waals surface area contributed by atoms with E-state index in [4.69, 9.17) is 14.6 Å². The Balaban J connectivity index is 2.43. The smallest absolute Gasteiger partial charge is 0.330 e. The number of benzene rings is 1. The van der Waals surface area contributed by atoms with E-state index >= 15 is 0 Å². The fraction of sp³-hybridized carbons (Fsp3) is 0.333. The first kappa shape index (κ1) is 12.2. The van der Waals surface area contributed by atoms with E-state index in [1.807, 2.05) is 0 Å². The number of likely N-dealkylation sites (N-methyl/N-ethyl adjacent to an activating group) is 1. The van der Waals surface area contributed by atoms with Gasteiger partial charge in [0, 0.05) is 7.05 Å². The summed E-state index contributed by atoms with van der Waals surface area (Å²) in [5.74, 6) is -0.594. The number of hydrogen-bond donors (Lipinski definition) is 1. The number of carboxylic acid groups (broad SMARTS) is 1. The van der Waals surface area contributed by atoms with Gasteiger partial charge in [-0.05, 0) is 18.2 Å². The van der Waals surface area contributed by atoms with Crippen LogP contribution in [-0.2, 0) is 4.79 Å². The molecule has 96 valence electrons. The van der Waals surface area contributed by atoms with Gasteiger partial charge in [0.25, 0.3) is 5.91 Å². The summed E-state index contributed by atoms with van der Waals surface area (Å²) in [6.45, 7) is -0.0725. The number of aliphatic carboxylic acids is 1. The molecule has 0 aromatic heterocycles. The zero-order valence-corrected chi connectivity index (χ0v) is 10.0. The maximum Gasteiger partial charge on any atom is 0.330 e. The Kier molecular flexibility index (Phi) is 3.10. The Hall–Kier alpha value is -2.24. The molecule has 0 fully saturated rings. The molecular weight excluding hydrogens is 238 g/mol. The van der Waals surface area contributed by atoms with E-state index in [2.05, 4.69) is 0 Å². The molecule has 6 nitrogen and oxygen atoms in total. The minimum atomic E-state index is -1.09. The summed E-state index contributed by atoms with van der Waals surface area (Å²) in [4.78, 5) is 24.3. The molecule has 0 aliphatic carbocycles. The fourth-order valence-corrected chi connectivity index (χ4v) is 1.78. The van der Waals surface area contributed by atoms with Crippen LogP contribution in [-0.4, -0.2) is 48.7 Å². The summed E-state index contributed by atoms with van der Waals surface area (Å²) >= 11 is 0. The largest absolute Gasteiger partial charge is 0.497 e. The SMILES string of the molecule is COc1ccc2c(c1)C(=O)N(C)C(C(=O)O)CO2. The molecule has 18 heavy (non-hydrogen) atoms. The Labute approximate surface area is 104 Å². The van der Waals surface area contributed by atoms with Crippen LogP contribution in [0.5, 0.6) is 11.5 Å². The van der Waals surface area contributed by atoms with Crippen LogP contribution in [0.2, 0.25) is 0 Å². The summed E-state index contributed by atoms with van der Waals surface area (Å²) in [5.41, 5.74) is 0.306. The Morgan fingerprint density at radius 3 is 2.89 bits per heavy atom. The first-order valence-corrected chi connectivity index (χ1v) is 5.35. The minimum Gasteiger partial charge on any atom is -0.497 e. The molecule has 6 heteroatoms. The number of carbonyl (C=O) groups excluding carboxylic acids is 1. The number of amides is 1. The summed E-state index contributed by atoms with van der Waals surface area (Å²) in [5, 5.41) is 9.03. The topological polar surface area (TPSA) is 76.1 Å². The van der Waals surface area contributed by atoms with Crippen molar-refractivity contribution in [1.82, 2.24) is 4.90 Å². The lowest BCUT2D eigenvalue weighted by Crippen LogP contribution is -2.44. The molecule has 1 aliphatic rings. The van der Waals surface area contributed by atoms with Crippen LogP contribution in [0.4, 0.5) is 0 Å². The van der Waals surface area contributed by atoms with E-state index < -0.39 is 17.9 Å². The number of rotatable bonds is 2. The van der Waals surface area contributed by atoms with Gasteiger partial charge in [-0.15, -0.1) is 0 Å². The van der Waals surface area contributed by atoms with Gasteiger partial charge in [-0.3, -0.25) is 4.79 Å². The van der Waals surface area contributed by atoms with Gasteiger partial charge in [0.05, 0.1) is 12.7 Å². The third-order valence-corrected chi connectivity index (χ3v) is 2.89. The summed E-state index contributed by atoms with van der Waals surface area (Å²) in [7, 11) is 2.94. The summed E-state index contributed by atoms with van der Waals surface area (Å²) < 4.78 is 10.4. The molecule has 1 aromatic carbocycles. The Morgan fingerprint density at radius 2 is 2.28 bits per heavy atom. The lowest BCUT2D eigenvalue weighted by Gasteiger charge is -2.20. The molecule has 1 aliphatic heterocycles. The fourth-order valence-electron chi connectivity index (χ4n) is 1.78. The molecule has 0 radical (unpaired) electrons. The first-order valence-electron chi connectivity index (χ1n) is 5.35. The zero-order valence-electron chi connectivity index (χ0n) is 10.0. The van der Waals surface area contributed by atoms with Crippen molar-refractivity contribution in [3.05, 3.63) is 23.8 Å². The normalized spacial score (nSPS) is 18.7. The highest BCUT2D eigenvalue weighted by Crippen LogP contribution is 2.28. The highest BCUT2D eigenvalue weighted by Gasteiger charge is 2.33. The standard InChI is InChI=1S/C12H13NO5/c1-13-9(12(15)16)6-18-10-4-3-7(17-2)5-8(10)11(13)14/h3-5,9H,6H2,1-2H3,(H,15,16). The molecule has 0 bridgehead atoms. The maximum absolute atomic E-state index is 12.1. The van der Waals surface area contributed by atoms with Gasteiger partial charge in [0.1, 0.15) is 18.1 Å². The second-order valence-corrected chi connectivity index (χ2v) is 3.94. The van der Waals surface area contributed by atoms with E-state index in [9.17, 15) is 9.59 Å². The molecule has 2 rings (SSSR count). The number of nitrogens with zero attached hydrogens (tertiary/aromatic N) is 1. The number of hydrogen-bond acceptors (Lipinski definition) is 4. The van der Waals surface area contributed by atoms with Crippen molar-refractivity contribution in [1.29, 1.82) is 0 Å². The van der Waals surface area contributed by atoms with Crippen molar-refractivity contribution in [2.24, 2.45) is 0 Å². The summed E-state index contributed by atoms with van der Waals surface area (Å²) in [6, 6.07) is 3.81. The van der Waals surface area contributed by atoms with Gasteiger partial charge in [0.15, 0.2) is 6.04 Å². The molecule has 1 heterocycles. The molecule has 1 N–H and O–H groups in total. The van der Waals surface area contributed by atoms with Crippen molar-refractivity contribution < 1.29 is 24.2 Å². The van der Waals surface area contributed by atoms with Gasteiger partial charge in [0.2, 0.25) is 0 Å². The average Bonchev–Trinajstić information content (AvgIpc) is 2.48. The maximum atomic E-state index is 12.1. The number of methoxy groups -OCH3 is 1. The van der Waals surface area contributed by atoms with Crippen molar-refractivity contribution >= 4 is 11.9 Å². The summed E-state index contributed by atoms with van der Waals surface area (Å²) in [6.07, 6.45) is 0. The molecule has 1 atom stereocenters.